The van der Waals surface area contributed by atoms with Gasteiger partial charge < -0.3 is 19.5 Å². The van der Waals surface area contributed by atoms with Crippen molar-refractivity contribution < 1.29 is 14.2 Å². The largest absolute Gasteiger partial charge is 0.497 e. The van der Waals surface area contributed by atoms with Gasteiger partial charge in [0.25, 0.3) is 0 Å². The van der Waals surface area contributed by atoms with Crippen LogP contribution >= 0.6 is 0 Å². The molecule has 27 heavy (non-hydrogen) atoms. The van der Waals surface area contributed by atoms with Gasteiger partial charge in [-0.3, -0.25) is 4.90 Å². The van der Waals surface area contributed by atoms with Crippen LogP contribution in [0.1, 0.15) is 33.6 Å². The third-order valence-corrected chi connectivity index (χ3v) is 5.39. The van der Waals surface area contributed by atoms with Gasteiger partial charge in [0.15, 0.2) is 0 Å². The molecule has 0 amide bonds. The van der Waals surface area contributed by atoms with Gasteiger partial charge in [0.05, 0.1) is 26.4 Å². The van der Waals surface area contributed by atoms with Gasteiger partial charge in [0, 0.05) is 31.9 Å². The fraction of sp³-hybridized carbons (Fsp3) is 0.636. The summed E-state index contributed by atoms with van der Waals surface area (Å²) in [7, 11) is 3.46. The lowest BCUT2D eigenvalue weighted by atomic mass is 9.88. The van der Waals surface area contributed by atoms with E-state index in [4.69, 9.17) is 14.2 Å². The Hall–Kier alpha value is -1.56. The van der Waals surface area contributed by atoms with Crippen LogP contribution in [0.5, 0.6) is 0 Å². The van der Waals surface area contributed by atoms with Crippen molar-refractivity contribution in [2.24, 2.45) is 5.92 Å². The summed E-state index contributed by atoms with van der Waals surface area (Å²) in [6, 6.07) is 0.250. The minimum atomic E-state index is 0.0140. The number of nitrogens with one attached hydrogen (secondary N) is 1. The summed E-state index contributed by atoms with van der Waals surface area (Å²) in [4.78, 5) is 2.44. The van der Waals surface area contributed by atoms with Gasteiger partial charge >= 0.3 is 0 Å². The fourth-order valence-electron chi connectivity index (χ4n) is 3.72. The molecule has 0 aliphatic carbocycles. The number of morpholine rings is 1. The first-order valence-corrected chi connectivity index (χ1v) is 9.83. The molecule has 1 N–H and O–H groups in total. The Morgan fingerprint density at radius 2 is 1.93 bits per heavy atom. The second-order valence-electron chi connectivity index (χ2n) is 6.84. The van der Waals surface area contributed by atoms with E-state index in [2.05, 4.69) is 50.2 Å². The first kappa shape index (κ1) is 23.5. The van der Waals surface area contributed by atoms with E-state index in [0.29, 0.717) is 5.92 Å². The zero-order chi connectivity index (χ0) is 20.2. The lowest BCUT2D eigenvalue weighted by Gasteiger charge is -2.36. The highest BCUT2D eigenvalue weighted by Gasteiger charge is 2.27. The Morgan fingerprint density at radius 1 is 1.26 bits per heavy atom. The van der Waals surface area contributed by atoms with Crippen LogP contribution in [-0.4, -0.2) is 57.6 Å². The number of allylic oxidation sites excluding steroid dienone is 2. The molecule has 1 fully saturated rings. The summed E-state index contributed by atoms with van der Waals surface area (Å²) < 4.78 is 16.8. The van der Waals surface area contributed by atoms with Crippen LogP contribution in [0.25, 0.3) is 0 Å². The van der Waals surface area contributed by atoms with E-state index in [1.807, 2.05) is 0 Å². The maximum atomic E-state index is 5.96. The molecule has 154 valence electrons. The Bertz CT molecular complexity index is 522. The minimum absolute atomic E-state index is 0.0140. The van der Waals surface area contributed by atoms with Crippen LogP contribution in [0.2, 0.25) is 0 Å². The Kier molecular flexibility index (Phi) is 11.1. The van der Waals surface area contributed by atoms with Crippen LogP contribution in [0.4, 0.5) is 0 Å². The molecule has 1 aliphatic heterocycles. The first-order valence-electron chi connectivity index (χ1n) is 9.83. The molecule has 0 aromatic rings. The molecule has 0 radical (unpaired) electrons. The van der Waals surface area contributed by atoms with E-state index in [1.54, 1.807) is 26.5 Å². The highest BCUT2D eigenvalue weighted by Crippen LogP contribution is 2.27. The lowest BCUT2D eigenvalue weighted by Crippen LogP contribution is -2.45. The predicted octanol–water partition coefficient (Wildman–Crippen LogP) is 3.86. The number of hydrogen-bond acceptors (Lipinski definition) is 5. The Labute approximate surface area is 165 Å². The molecular weight excluding hydrogens is 340 g/mol. The van der Waals surface area contributed by atoms with Crippen LogP contribution < -0.4 is 5.32 Å². The number of hydrogen-bond donors (Lipinski definition) is 1. The zero-order valence-electron chi connectivity index (χ0n) is 17.8. The van der Waals surface area contributed by atoms with Gasteiger partial charge in [0.2, 0.25) is 0 Å². The second kappa shape index (κ2) is 12.8. The molecule has 0 aromatic carbocycles. The maximum absolute atomic E-state index is 5.96. The normalized spacial score (nSPS) is 20.3. The van der Waals surface area contributed by atoms with E-state index >= 15 is 0 Å². The molecule has 0 aromatic heterocycles. The summed E-state index contributed by atoms with van der Waals surface area (Å²) in [6.45, 7) is 17.7. The van der Waals surface area contributed by atoms with E-state index in [1.165, 1.54) is 5.57 Å². The second-order valence-corrected chi connectivity index (χ2v) is 6.84. The van der Waals surface area contributed by atoms with Crippen molar-refractivity contribution in [2.75, 3.05) is 40.5 Å². The highest BCUT2D eigenvalue weighted by atomic mass is 16.5. The average Bonchev–Trinajstić information content (AvgIpc) is 2.71. The van der Waals surface area contributed by atoms with Gasteiger partial charge in [-0.1, -0.05) is 26.5 Å². The standard InChI is InChI=1S/C22H38N2O3/c1-8-19(11-12-20(9-2)25-6)22(26-7)17(4)21(23-10-3)18(5)24-13-15-27-16-14-24/h9-10,12,18-19,22-23H,2-3,8,11,13-16H2,1,4-7H3/b20-12+,21-17-/t18?,19-,22?/m0/s1. The van der Waals surface area contributed by atoms with Gasteiger partial charge in [-0.15, -0.1) is 0 Å². The SMILES string of the molecule is C=CN/C(=C(/C)C(OC)[C@@H](CC)C/C=C(\C=C)OC)C(C)N1CCOCC1. The lowest BCUT2D eigenvalue weighted by molar-refractivity contribution is 0.0246. The fourth-order valence-corrected chi connectivity index (χ4v) is 3.72. The first-order chi connectivity index (χ1) is 13.0. The van der Waals surface area contributed by atoms with Crippen LogP contribution in [-0.2, 0) is 14.2 Å². The number of ether oxygens (including phenoxy) is 3. The summed E-state index contributed by atoms with van der Waals surface area (Å²) in [5.74, 6) is 1.15. The monoisotopic (exact) mass is 378 g/mol. The van der Waals surface area contributed by atoms with Crippen molar-refractivity contribution in [3.8, 4) is 0 Å². The van der Waals surface area contributed by atoms with Crippen molar-refractivity contribution in [1.29, 1.82) is 0 Å². The Morgan fingerprint density at radius 3 is 2.41 bits per heavy atom. The van der Waals surface area contributed by atoms with E-state index in [-0.39, 0.29) is 12.1 Å². The van der Waals surface area contributed by atoms with E-state index in [0.717, 1.165) is 50.6 Å². The molecular formula is C22H38N2O3. The molecule has 0 bridgehead atoms. The number of rotatable bonds is 12. The summed E-state index contributed by atoms with van der Waals surface area (Å²) >= 11 is 0. The predicted molar refractivity (Wildman–Crippen MR) is 112 cm³/mol. The topological polar surface area (TPSA) is 43.0 Å². The third-order valence-electron chi connectivity index (χ3n) is 5.39. The molecule has 0 spiro atoms. The van der Waals surface area contributed by atoms with E-state index < -0.39 is 0 Å². The third kappa shape index (κ3) is 6.83. The van der Waals surface area contributed by atoms with E-state index in [9.17, 15) is 0 Å². The zero-order valence-corrected chi connectivity index (χ0v) is 17.8. The van der Waals surface area contributed by atoms with Crippen LogP contribution in [0, 0.1) is 5.92 Å². The summed E-state index contributed by atoms with van der Waals surface area (Å²) in [5, 5.41) is 3.39. The van der Waals surface area contributed by atoms with Crippen molar-refractivity contribution >= 4 is 0 Å². The number of nitrogens with zero attached hydrogens (tertiary/aromatic N) is 1. The summed E-state index contributed by atoms with van der Waals surface area (Å²) in [5.41, 5.74) is 2.38. The molecule has 2 unspecified atom stereocenters. The molecule has 1 aliphatic rings. The molecule has 1 saturated heterocycles. The molecule has 1 rings (SSSR count). The Balaban J connectivity index is 3.10. The van der Waals surface area contributed by atoms with Crippen molar-refractivity contribution in [2.45, 2.75) is 45.8 Å². The minimum Gasteiger partial charge on any atom is -0.497 e. The van der Waals surface area contributed by atoms with Crippen molar-refractivity contribution in [1.82, 2.24) is 10.2 Å². The van der Waals surface area contributed by atoms with Crippen molar-refractivity contribution in [3.05, 3.63) is 48.5 Å². The molecule has 3 atom stereocenters. The highest BCUT2D eigenvalue weighted by molar-refractivity contribution is 5.23. The van der Waals surface area contributed by atoms with Gasteiger partial charge in [-0.2, -0.15) is 0 Å². The molecule has 1 heterocycles. The summed E-state index contributed by atoms with van der Waals surface area (Å²) in [6.07, 6.45) is 7.47. The molecule has 5 nitrogen and oxygen atoms in total. The average molecular weight is 379 g/mol. The van der Waals surface area contributed by atoms with Gasteiger partial charge in [-0.05, 0) is 50.1 Å². The van der Waals surface area contributed by atoms with Gasteiger partial charge in [0.1, 0.15) is 5.76 Å². The molecule has 5 heteroatoms. The van der Waals surface area contributed by atoms with Crippen molar-refractivity contribution in [3.63, 3.8) is 0 Å². The smallest absolute Gasteiger partial charge is 0.114 e. The maximum Gasteiger partial charge on any atom is 0.114 e. The number of methoxy groups -OCH3 is 2. The van der Waals surface area contributed by atoms with Crippen LogP contribution in [0.15, 0.2) is 48.5 Å². The quantitative estimate of drug-likeness (QED) is 0.413. The van der Waals surface area contributed by atoms with Crippen LogP contribution in [0.3, 0.4) is 0 Å². The molecule has 0 saturated carbocycles. The van der Waals surface area contributed by atoms with Gasteiger partial charge in [-0.25, -0.2) is 0 Å².